The van der Waals surface area contributed by atoms with Gasteiger partial charge in [-0.3, -0.25) is 4.79 Å². The summed E-state index contributed by atoms with van der Waals surface area (Å²) in [5.41, 5.74) is 0. The number of aromatic nitrogens is 2. The molecular formula is C12H20N4O3. The van der Waals surface area contributed by atoms with Crippen LogP contribution in [0, 0.1) is 5.92 Å². The number of hydrogen-bond donors (Lipinski definition) is 3. The number of aliphatic carboxylic acids is 1. The van der Waals surface area contributed by atoms with Gasteiger partial charge in [0, 0.05) is 25.5 Å². The minimum Gasteiger partial charge on any atom is -0.481 e. The van der Waals surface area contributed by atoms with Crippen molar-refractivity contribution in [3.05, 3.63) is 18.2 Å². The second-order valence-corrected chi connectivity index (χ2v) is 4.73. The van der Waals surface area contributed by atoms with Crippen LogP contribution in [-0.2, 0) is 18.4 Å². The predicted octanol–water partition coefficient (Wildman–Crippen LogP) is 0.719. The molecule has 0 saturated heterocycles. The first-order valence-electron chi connectivity index (χ1n) is 6.12. The highest BCUT2D eigenvalue weighted by molar-refractivity contribution is 5.75. The summed E-state index contributed by atoms with van der Waals surface area (Å²) in [4.78, 5) is 26.5. The lowest BCUT2D eigenvalue weighted by molar-refractivity contribution is -0.137. The fraction of sp³-hybridized carbons (Fsp3) is 0.583. The van der Waals surface area contributed by atoms with Gasteiger partial charge in [-0.05, 0) is 5.92 Å². The van der Waals surface area contributed by atoms with Gasteiger partial charge in [0.25, 0.3) is 0 Å². The van der Waals surface area contributed by atoms with Gasteiger partial charge in [0.1, 0.15) is 5.82 Å². The van der Waals surface area contributed by atoms with Crippen molar-refractivity contribution in [3.63, 3.8) is 0 Å². The van der Waals surface area contributed by atoms with E-state index in [4.69, 9.17) is 5.11 Å². The Kier molecular flexibility index (Phi) is 5.35. The topological polar surface area (TPSA) is 96.2 Å². The number of nitrogens with one attached hydrogen (secondary N) is 2. The van der Waals surface area contributed by atoms with Crippen molar-refractivity contribution >= 4 is 12.0 Å². The smallest absolute Gasteiger partial charge is 0.315 e. The van der Waals surface area contributed by atoms with Crippen molar-refractivity contribution in [2.75, 3.05) is 0 Å². The number of carbonyl (C=O) groups is 2. The van der Waals surface area contributed by atoms with Crippen LogP contribution in [-0.4, -0.2) is 32.7 Å². The molecule has 1 atom stereocenters. The summed E-state index contributed by atoms with van der Waals surface area (Å²) in [7, 11) is 1.84. The molecule has 0 spiro atoms. The zero-order valence-corrected chi connectivity index (χ0v) is 11.4. The van der Waals surface area contributed by atoms with Crippen LogP contribution in [0.3, 0.4) is 0 Å². The molecule has 0 bridgehead atoms. The Balaban J connectivity index is 2.44. The molecule has 1 rings (SSSR count). The van der Waals surface area contributed by atoms with E-state index in [1.807, 2.05) is 20.9 Å². The highest BCUT2D eigenvalue weighted by atomic mass is 16.4. The monoisotopic (exact) mass is 268 g/mol. The number of carbonyl (C=O) groups excluding carboxylic acids is 1. The number of hydrogen-bond acceptors (Lipinski definition) is 3. The molecule has 3 N–H and O–H groups in total. The first-order valence-corrected chi connectivity index (χ1v) is 6.12. The van der Waals surface area contributed by atoms with Crippen molar-refractivity contribution in [2.45, 2.75) is 32.9 Å². The van der Waals surface area contributed by atoms with Gasteiger partial charge in [0.05, 0.1) is 13.0 Å². The molecule has 0 aliphatic carbocycles. The lowest BCUT2D eigenvalue weighted by Gasteiger charge is -2.20. The van der Waals surface area contributed by atoms with Crippen molar-refractivity contribution in [1.82, 2.24) is 20.2 Å². The van der Waals surface area contributed by atoms with E-state index >= 15 is 0 Å². The summed E-state index contributed by atoms with van der Waals surface area (Å²) in [5.74, 6) is -0.146. The molecule has 1 unspecified atom stereocenters. The number of nitrogens with zero attached hydrogens (tertiary/aromatic N) is 2. The third-order valence-electron chi connectivity index (χ3n) is 2.84. The van der Waals surface area contributed by atoms with Crippen LogP contribution in [0.1, 0.15) is 26.1 Å². The SMILES string of the molecule is CC(C)C(CC(=O)O)NC(=O)NCc1nccn1C. The number of amides is 2. The summed E-state index contributed by atoms with van der Waals surface area (Å²) in [6, 6.07) is -0.776. The summed E-state index contributed by atoms with van der Waals surface area (Å²) in [5, 5.41) is 14.1. The number of urea groups is 1. The number of carboxylic acids is 1. The third kappa shape index (κ3) is 4.99. The van der Waals surface area contributed by atoms with E-state index < -0.39 is 5.97 Å². The molecule has 1 aromatic rings. The Morgan fingerprint density at radius 1 is 1.47 bits per heavy atom. The van der Waals surface area contributed by atoms with Gasteiger partial charge in [-0.25, -0.2) is 9.78 Å². The Morgan fingerprint density at radius 3 is 2.63 bits per heavy atom. The Labute approximate surface area is 112 Å². The number of imidazole rings is 1. The lowest BCUT2D eigenvalue weighted by Crippen LogP contribution is -2.45. The van der Waals surface area contributed by atoms with Gasteiger partial charge >= 0.3 is 12.0 Å². The number of aryl methyl sites for hydroxylation is 1. The first kappa shape index (κ1) is 15.0. The van der Waals surface area contributed by atoms with Gasteiger partial charge in [-0.1, -0.05) is 13.8 Å². The van der Waals surface area contributed by atoms with Crippen molar-refractivity contribution < 1.29 is 14.7 Å². The van der Waals surface area contributed by atoms with Crippen LogP contribution in [0.2, 0.25) is 0 Å². The average Bonchev–Trinajstić information content (AvgIpc) is 2.70. The molecule has 7 nitrogen and oxygen atoms in total. The van der Waals surface area contributed by atoms with Gasteiger partial charge < -0.3 is 20.3 Å². The van der Waals surface area contributed by atoms with E-state index in [1.54, 1.807) is 17.0 Å². The highest BCUT2D eigenvalue weighted by Gasteiger charge is 2.19. The fourth-order valence-electron chi connectivity index (χ4n) is 1.59. The van der Waals surface area contributed by atoms with Crippen LogP contribution >= 0.6 is 0 Å². The van der Waals surface area contributed by atoms with Crippen LogP contribution < -0.4 is 10.6 Å². The largest absolute Gasteiger partial charge is 0.481 e. The molecule has 0 aliphatic rings. The molecule has 19 heavy (non-hydrogen) atoms. The molecule has 0 aliphatic heterocycles. The molecule has 0 aromatic carbocycles. The average molecular weight is 268 g/mol. The van der Waals surface area contributed by atoms with Crippen LogP contribution in [0.4, 0.5) is 4.79 Å². The molecular weight excluding hydrogens is 248 g/mol. The van der Waals surface area contributed by atoms with E-state index in [0.717, 1.165) is 5.82 Å². The van der Waals surface area contributed by atoms with E-state index in [0.29, 0.717) is 6.54 Å². The molecule has 106 valence electrons. The minimum absolute atomic E-state index is 0.0509. The molecule has 0 saturated carbocycles. The maximum atomic E-state index is 11.7. The van der Waals surface area contributed by atoms with Crippen LogP contribution in [0.25, 0.3) is 0 Å². The maximum Gasteiger partial charge on any atom is 0.315 e. The molecule has 0 fully saturated rings. The summed E-state index contributed by atoms with van der Waals surface area (Å²) >= 11 is 0. The quantitative estimate of drug-likeness (QED) is 0.708. The fourth-order valence-corrected chi connectivity index (χ4v) is 1.59. The molecule has 0 radical (unpaired) electrons. The minimum atomic E-state index is -0.928. The van der Waals surface area contributed by atoms with Crippen LogP contribution in [0.5, 0.6) is 0 Å². The van der Waals surface area contributed by atoms with E-state index in [1.165, 1.54) is 0 Å². The van der Waals surface area contributed by atoms with Gasteiger partial charge in [0.2, 0.25) is 0 Å². The second kappa shape index (κ2) is 6.77. The van der Waals surface area contributed by atoms with Gasteiger partial charge in [0.15, 0.2) is 0 Å². The first-order chi connectivity index (χ1) is 8.90. The summed E-state index contributed by atoms with van der Waals surface area (Å²) in [6.45, 7) is 4.03. The van der Waals surface area contributed by atoms with E-state index in [-0.39, 0.29) is 24.4 Å². The Bertz CT molecular complexity index is 442. The third-order valence-corrected chi connectivity index (χ3v) is 2.84. The van der Waals surface area contributed by atoms with Crippen LogP contribution in [0.15, 0.2) is 12.4 Å². The summed E-state index contributed by atoms with van der Waals surface area (Å²) in [6.07, 6.45) is 3.35. The standard InChI is InChI=1S/C12H20N4O3/c1-8(2)9(6-11(17)18)15-12(19)14-7-10-13-4-5-16(10)3/h4-5,8-9H,6-7H2,1-3H3,(H,17,18)(H2,14,15,19). The number of carboxylic acid groups (broad SMARTS) is 1. The van der Waals surface area contributed by atoms with Gasteiger partial charge in [-0.2, -0.15) is 0 Å². The van der Waals surface area contributed by atoms with E-state index in [9.17, 15) is 9.59 Å². The maximum absolute atomic E-state index is 11.7. The zero-order valence-electron chi connectivity index (χ0n) is 11.4. The summed E-state index contributed by atoms with van der Waals surface area (Å²) < 4.78 is 1.80. The predicted molar refractivity (Wildman–Crippen MR) is 69.5 cm³/mol. The molecule has 7 heteroatoms. The van der Waals surface area contributed by atoms with Crippen molar-refractivity contribution in [2.24, 2.45) is 13.0 Å². The van der Waals surface area contributed by atoms with E-state index in [2.05, 4.69) is 15.6 Å². The normalized spacial score (nSPS) is 12.2. The van der Waals surface area contributed by atoms with Crippen molar-refractivity contribution in [1.29, 1.82) is 0 Å². The van der Waals surface area contributed by atoms with Crippen molar-refractivity contribution in [3.8, 4) is 0 Å². The molecule has 1 heterocycles. The molecule has 1 aromatic heterocycles. The Hall–Kier alpha value is -2.05. The Morgan fingerprint density at radius 2 is 2.16 bits per heavy atom. The highest BCUT2D eigenvalue weighted by Crippen LogP contribution is 2.05. The second-order valence-electron chi connectivity index (χ2n) is 4.73. The molecule has 2 amide bonds. The zero-order chi connectivity index (χ0) is 14.4. The lowest BCUT2D eigenvalue weighted by atomic mass is 10.0. The van der Waals surface area contributed by atoms with Gasteiger partial charge in [-0.15, -0.1) is 0 Å². The number of rotatable bonds is 6.